The van der Waals surface area contributed by atoms with Gasteiger partial charge in [-0.1, -0.05) is 29.3 Å². The normalized spacial score (nSPS) is 13.8. The lowest BCUT2D eigenvalue weighted by atomic mass is 10.1. The molecule has 2 heterocycles. The van der Waals surface area contributed by atoms with Gasteiger partial charge in [-0.05, 0) is 86.1 Å². The second kappa shape index (κ2) is 10.9. The van der Waals surface area contributed by atoms with Gasteiger partial charge in [-0.25, -0.2) is 0 Å². The largest absolute Gasteiger partial charge is 0.457 e. The maximum absolute atomic E-state index is 12.4. The predicted octanol–water partition coefficient (Wildman–Crippen LogP) is 6.77. The Balaban J connectivity index is 1.37. The highest BCUT2D eigenvalue weighted by Crippen LogP contribution is 2.35. The third-order valence-electron chi connectivity index (χ3n) is 5.30. The van der Waals surface area contributed by atoms with Crippen LogP contribution in [0.2, 0.25) is 10.0 Å². The highest BCUT2D eigenvalue weighted by molar-refractivity contribution is 7.80. The van der Waals surface area contributed by atoms with Crippen molar-refractivity contribution in [2.45, 2.75) is 19.3 Å². The topological polar surface area (TPSA) is 57.5 Å². The lowest BCUT2D eigenvalue weighted by Crippen LogP contribution is -2.34. The summed E-state index contributed by atoms with van der Waals surface area (Å²) in [6.45, 7) is 1.89. The molecule has 1 fully saturated rings. The number of piperidine rings is 1. The van der Waals surface area contributed by atoms with Crippen LogP contribution in [0.25, 0.3) is 17.4 Å². The van der Waals surface area contributed by atoms with E-state index in [0.29, 0.717) is 21.6 Å². The smallest absolute Gasteiger partial charge is 0.250 e. The van der Waals surface area contributed by atoms with Gasteiger partial charge in [0.1, 0.15) is 11.5 Å². The molecule has 0 atom stereocenters. The molecule has 0 bridgehead atoms. The Morgan fingerprint density at radius 2 is 1.76 bits per heavy atom. The number of amides is 1. The molecule has 2 aromatic carbocycles. The molecule has 33 heavy (non-hydrogen) atoms. The highest BCUT2D eigenvalue weighted by Gasteiger charge is 2.18. The van der Waals surface area contributed by atoms with Crippen molar-refractivity contribution in [1.82, 2.24) is 5.32 Å². The summed E-state index contributed by atoms with van der Waals surface area (Å²) in [7, 11) is 0. The van der Waals surface area contributed by atoms with Crippen LogP contribution in [0, 0.1) is 0 Å². The average Bonchev–Trinajstić information content (AvgIpc) is 3.28. The molecular formula is C25H23Cl2N3O2S. The summed E-state index contributed by atoms with van der Waals surface area (Å²) in [6, 6.07) is 16.6. The molecule has 1 aliphatic heterocycles. The number of benzene rings is 2. The van der Waals surface area contributed by atoms with Crippen LogP contribution in [0.4, 0.5) is 11.4 Å². The lowest BCUT2D eigenvalue weighted by Gasteiger charge is -2.31. The number of furan rings is 1. The number of para-hydroxylation sites is 1. The average molecular weight is 500 g/mol. The van der Waals surface area contributed by atoms with Crippen LogP contribution in [-0.2, 0) is 4.79 Å². The van der Waals surface area contributed by atoms with Crippen molar-refractivity contribution in [3.8, 4) is 11.3 Å². The third-order valence-corrected chi connectivity index (χ3v) is 6.06. The predicted molar refractivity (Wildman–Crippen MR) is 140 cm³/mol. The maximum Gasteiger partial charge on any atom is 0.250 e. The SMILES string of the molecule is O=C(C=Cc1ccc(-c2ccc(Cl)cc2)o1)NC(=S)Nc1cccc(Cl)c1N1CCCCC1. The van der Waals surface area contributed by atoms with Gasteiger partial charge in [0.25, 0.3) is 0 Å². The van der Waals surface area contributed by atoms with Crippen molar-refractivity contribution in [2.24, 2.45) is 0 Å². The maximum atomic E-state index is 12.4. The molecule has 1 aromatic heterocycles. The molecule has 8 heteroatoms. The third kappa shape index (κ3) is 6.16. The summed E-state index contributed by atoms with van der Waals surface area (Å²) in [5, 5.41) is 7.30. The van der Waals surface area contributed by atoms with Crippen LogP contribution in [0.15, 0.2) is 65.1 Å². The van der Waals surface area contributed by atoms with E-state index in [1.165, 1.54) is 12.5 Å². The Labute approximate surface area is 208 Å². The van der Waals surface area contributed by atoms with E-state index in [1.807, 2.05) is 36.4 Å². The molecule has 0 aliphatic carbocycles. The summed E-state index contributed by atoms with van der Waals surface area (Å²) in [6.07, 6.45) is 6.45. The van der Waals surface area contributed by atoms with E-state index in [2.05, 4.69) is 15.5 Å². The first-order valence-electron chi connectivity index (χ1n) is 10.7. The van der Waals surface area contributed by atoms with E-state index in [9.17, 15) is 4.79 Å². The van der Waals surface area contributed by atoms with Gasteiger partial charge in [-0.15, -0.1) is 0 Å². The molecule has 1 amide bonds. The minimum Gasteiger partial charge on any atom is -0.457 e. The Hall–Kier alpha value is -2.80. The molecule has 4 rings (SSSR count). The van der Waals surface area contributed by atoms with E-state index in [1.54, 1.807) is 24.3 Å². The number of thiocarbonyl (C=S) groups is 1. The number of rotatable bonds is 5. The van der Waals surface area contributed by atoms with Crippen molar-refractivity contribution in [3.63, 3.8) is 0 Å². The molecule has 170 valence electrons. The zero-order valence-electron chi connectivity index (χ0n) is 17.8. The van der Waals surface area contributed by atoms with Gasteiger partial charge in [0.05, 0.1) is 16.4 Å². The first kappa shape index (κ1) is 23.4. The molecule has 1 aliphatic rings. The second-order valence-electron chi connectivity index (χ2n) is 7.67. The monoisotopic (exact) mass is 499 g/mol. The summed E-state index contributed by atoms with van der Waals surface area (Å²) < 4.78 is 5.78. The minimum atomic E-state index is -0.363. The number of carbonyl (C=O) groups is 1. The highest BCUT2D eigenvalue weighted by atomic mass is 35.5. The summed E-state index contributed by atoms with van der Waals surface area (Å²) in [5.74, 6) is 0.879. The zero-order chi connectivity index (χ0) is 23.2. The Morgan fingerprint density at radius 3 is 2.52 bits per heavy atom. The van der Waals surface area contributed by atoms with Crippen molar-refractivity contribution in [2.75, 3.05) is 23.3 Å². The minimum absolute atomic E-state index is 0.200. The Bertz CT molecular complexity index is 1170. The van der Waals surface area contributed by atoms with E-state index in [-0.39, 0.29) is 11.0 Å². The molecule has 0 radical (unpaired) electrons. The molecule has 0 spiro atoms. The zero-order valence-corrected chi connectivity index (χ0v) is 20.1. The van der Waals surface area contributed by atoms with E-state index in [0.717, 1.165) is 42.9 Å². The molecule has 3 aromatic rings. The molecule has 2 N–H and O–H groups in total. The molecule has 5 nitrogen and oxygen atoms in total. The molecule has 0 unspecified atom stereocenters. The van der Waals surface area contributed by atoms with Crippen molar-refractivity contribution < 1.29 is 9.21 Å². The lowest BCUT2D eigenvalue weighted by molar-refractivity contribution is -0.115. The van der Waals surface area contributed by atoms with E-state index >= 15 is 0 Å². The number of halogens is 2. The fraction of sp³-hybridized carbons (Fsp3) is 0.200. The molecule has 0 saturated carbocycles. The standard InChI is InChI=1S/C25H23Cl2N3O2S/c26-18-9-7-17(8-10-18)22-13-11-19(32-22)12-14-23(31)29-25(33)28-21-6-4-5-20(27)24(21)30-15-2-1-3-16-30/h4-14H,1-3,15-16H2,(H2,28,29,31,33). The fourth-order valence-corrected chi connectivity index (χ4v) is 4.36. The second-order valence-corrected chi connectivity index (χ2v) is 8.92. The van der Waals surface area contributed by atoms with E-state index < -0.39 is 0 Å². The van der Waals surface area contributed by atoms with Crippen molar-refractivity contribution in [1.29, 1.82) is 0 Å². The molecular weight excluding hydrogens is 477 g/mol. The first-order chi connectivity index (χ1) is 16.0. The van der Waals surface area contributed by atoms with Gasteiger partial charge >= 0.3 is 0 Å². The van der Waals surface area contributed by atoms with Crippen LogP contribution in [0.5, 0.6) is 0 Å². The van der Waals surface area contributed by atoms with Gasteiger partial charge in [0, 0.05) is 29.8 Å². The van der Waals surface area contributed by atoms with Gasteiger partial charge in [-0.3, -0.25) is 10.1 Å². The van der Waals surface area contributed by atoms with Gasteiger partial charge < -0.3 is 14.6 Å². The van der Waals surface area contributed by atoms with Crippen LogP contribution in [-0.4, -0.2) is 24.1 Å². The summed E-state index contributed by atoms with van der Waals surface area (Å²) >= 11 is 17.8. The van der Waals surface area contributed by atoms with Gasteiger partial charge in [0.15, 0.2) is 5.11 Å². The fourth-order valence-electron chi connectivity index (χ4n) is 3.73. The number of carbonyl (C=O) groups excluding carboxylic acids is 1. The van der Waals surface area contributed by atoms with Crippen LogP contribution in [0.3, 0.4) is 0 Å². The van der Waals surface area contributed by atoms with E-state index in [4.69, 9.17) is 39.8 Å². The van der Waals surface area contributed by atoms with Gasteiger partial charge in [0.2, 0.25) is 5.91 Å². The molecule has 1 saturated heterocycles. The summed E-state index contributed by atoms with van der Waals surface area (Å²) in [5.41, 5.74) is 2.59. The quantitative estimate of drug-likeness (QED) is 0.299. The number of nitrogens with one attached hydrogen (secondary N) is 2. The van der Waals surface area contributed by atoms with Crippen LogP contribution < -0.4 is 15.5 Å². The summed E-state index contributed by atoms with van der Waals surface area (Å²) in [4.78, 5) is 14.6. The first-order valence-corrected chi connectivity index (χ1v) is 11.9. The van der Waals surface area contributed by atoms with Crippen LogP contribution in [0.1, 0.15) is 25.0 Å². The van der Waals surface area contributed by atoms with Crippen LogP contribution >= 0.6 is 35.4 Å². The number of hydrogen-bond acceptors (Lipinski definition) is 4. The van der Waals surface area contributed by atoms with Gasteiger partial charge in [-0.2, -0.15) is 0 Å². The number of hydrogen-bond donors (Lipinski definition) is 2. The van der Waals surface area contributed by atoms with Crippen molar-refractivity contribution >= 4 is 63.9 Å². The number of anilines is 2. The Morgan fingerprint density at radius 1 is 1.00 bits per heavy atom. The number of nitrogens with zero attached hydrogens (tertiary/aromatic N) is 1. The van der Waals surface area contributed by atoms with Crippen molar-refractivity contribution in [3.05, 3.63) is 76.5 Å². The Kier molecular flexibility index (Phi) is 7.70.